The number of carbonyl (C=O) groups excluding carboxylic acids is 1. The lowest BCUT2D eigenvalue weighted by Gasteiger charge is -2.17. The molecule has 15 heavy (non-hydrogen) atoms. The molecule has 2 N–H and O–H groups in total. The normalized spacial score (nSPS) is 9.80. The highest BCUT2D eigenvalue weighted by Crippen LogP contribution is 2.22. The largest absolute Gasteiger partial charge is 0.467 e. The van der Waals surface area contributed by atoms with Crippen molar-refractivity contribution in [3.8, 4) is 6.01 Å². The molecule has 0 saturated carbocycles. The van der Waals surface area contributed by atoms with E-state index < -0.39 is 5.91 Å². The Labute approximate surface area is 92.0 Å². The van der Waals surface area contributed by atoms with Crippen molar-refractivity contribution in [1.29, 1.82) is 0 Å². The molecule has 1 aromatic heterocycles. The molecular weight excluding hydrogens is 220 g/mol. The number of rotatable bonds is 4. The Bertz CT molecular complexity index is 372. The van der Waals surface area contributed by atoms with Gasteiger partial charge in [-0.3, -0.25) is 4.79 Å². The van der Waals surface area contributed by atoms with Gasteiger partial charge in [0, 0.05) is 7.05 Å². The van der Waals surface area contributed by atoms with Gasteiger partial charge in [0.2, 0.25) is 5.91 Å². The minimum absolute atomic E-state index is 0.0277. The summed E-state index contributed by atoms with van der Waals surface area (Å²) < 4.78 is 4.84. The number of nitrogens with two attached hydrogens (primary N) is 1. The van der Waals surface area contributed by atoms with Crippen molar-refractivity contribution in [2.75, 3.05) is 25.6 Å². The SMILES string of the molecule is COc1ncc(Cl)c(N(C)CC(N)=O)n1. The number of hydrogen-bond donors (Lipinski definition) is 1. The molecule has 0 aliphatic rings. The molecule has 1 rings (SSSR count). The van der Waals surface area contributed by atoms with Crippen molar-refractivity contribution in [2.45, 2.75) is 0 Å². The number of halogens is 1. The summed E-state index contributed by atoms with van der Waals surface area (Å²) in [6, 6.07) is 0.186. The van der Waals surface area contributed by atoms with Crippen LogP contribution in [0.4, 0.5) is 5.82 Å². The molecule has 0 saturated heterocycles. The van der Waals surface area contributed by atoms with E-state index in [1.807, 2.05) is 0 Å². The van der Waals surface area contributed by atoms with Gasteiger partial charge in [0.05, 0.1) is 19.9 Å². The topological polar surface area (TPSA) is 81.3 Å². The lowest BCUT2D eigenvalue weighted by molar-refractivity contribution is -0.116. The van der Waals surface area contributed by atoms with Gasteiger partial charge < -0.3 is 15.4 Å². The van der Waals surface area contributed by atoms with Crippen LogP contribution in [0.2, 0.25) is 5.02 Å². The monoisotopic (exact) mass is 230 g/mol. The zero-order chi connectivity index (χ0) is 11.4. The quantitative estimate of drug-likeness (QED) is 0.791. The average Bonchev–Trinajstić information content (AvgIpc) is 2.17. The fourth-order valence-corrected chi connectivity index (χ4v) is 1.25. The molecule has 1 heterocycles. The first-order valence-corrected chi connectivity index (χ1v) is 4.48. The number of aromatic nitrogens is 2. The van der Waals surface area contributed by atoms with Crippen LogP contribution in [0.25, 0.3) is 0 Å². The number of carbonyl (C=O) groups is 1. The maximum atomic E-state index is 10.7. The number of hydrogen-bond acceptors (Lipinski definition) is 5. The van der Waals surface area contributed by atoms with Crippen molar-refractivity contribution < 1.29 is 9.53 Å². The van der Waals surface area contributed by atoms with Gasteiger partial charge in [0.25, 0.3) is 0 Å². The van der Waals surface area contributed by atoms with E-state index in [9.17, 15) is 4.79 Å². The number of anilines is 1. The highest BCUT2D eigenvalue weighted by molar-refractivity contribution is 6.32. The van der Waals surface area contributed by atoms with Crippen molar-refractivity contribution in [2.24, 2.45) is 5.73 Å². The zero-order valence-corrected chi connectivity index (χ0v) is 9.15. The molecule has 82 valence electrons. The Morgan fingerprint density at radius 2 is 2.40 bits per heavy atom. The minimum Gasteiger partial charge on any atom is -0.467 e. The van der Waals surface area contributed by atoms with Crippen molar-refractivity contribution in [3.05, 3.63) is 11.2 Å². The molecule has 7 heteroatoms. The van der Waals surface area contributed by atoms with Gasteiger partial charge in [-0.1, -0.05) is 11.6 Å². The molecule has 0 fully saturated rings. The second kappa shape index (κ2) is 4.79. The number of nitrogens with zero attached hydrogens (tertiary/aromatic N) is 3. The summed E-state index contributed by atoms with van der Waals surface area (Å²) in [4.78, 5) is 20.0. The van der Waals surface area contributed by atoms with E-state index in [4.69, 9.17) is 22.1 Å². The van der Waals surface area contributed by atoms with Crippen LogP contribution >= 0.6 is 11.6 Å². The predicted octanol–water partition coefficient (Wildman–Crippen LogP) is 0.0601. The number of primary amides is 1. The first-order chi connectivity index (χ1) is 7.04. The molecule has 6 nitrogen and oxygen atoms in total. The summed E-state index contributed by atoms with van der Waals surface area (Å²) >= 11 is 5.86. The first kappa shape index (κ1) is 11.5. The molecule has 0 aliphatic carbocycles. The second-order valence-corrected chi connectivity index (χ2v) is 3.26. The van der Waals surface area contributed by atoms with Gasteiger partial charge >= 0.3 is 6.01 Å². The lowest BCUT2D eigenvalue weighted by atomic mass is 10.5. The van der Waals surface area contributed by atoms with E-state index in [1.165, 1.54) is 18.2 Å². The maximum absolute atomic E-state index is 10.7. The van der Waals surface area contributed by atoms with Gasteiger partial charge in [-0.25, -0.2) is 4.98 Å². The third kappa shape index (κ3) is 2.95. The Hall–Kier alpha value is -1.56. The third-order valence-electron chi connectivity index (χ3n) is 1.64. The predicted molar refractivity (Wildman–Crippen MR) is 56.1 cm³/mol. The van der Waals surface area contributed by atoms with Crippen molar-refractivity contribution >= 4 is 23.3 Å². The van der Waals surface area contributed by atoms with E-state index >= 15 is 0 Å². The molecule has 0 spiro atoms. The first-order valence-electron chi connectivity index (χ1n) is 4.10. The van der Waals surface area contributed by atoms with E-state index in [0.717, 1.165) is 0 Å². The van der Waals surface area contributed by atoms with Crippen LogP contribution in [0.1, 0.15) is 0 Å². The molecular formula is C8H11ClN4O2. The zero-order valence-electron chi connectivity index (χ0n) is 8.40. The van der Waals surface area contributed by atoms with Gasteiger partial charge in [0.15, 0.2) is 5.82 Å². The van der Waals surface area contributed by atoms with Crippen LogP contribution in [-0.2, 0) is 4.79 Å². The number of ether oxygens (including phenoxy) is 1. The fraction of sp³-hybridized carbons (Fsp3) is 0.375. The van der Waals surface area contributed by atoms with E-state index in [1.54, 1.807) is 7.05 Å². The lowest BCUT2D eigenvalue weighted by Crippen LogP contribution is -2.31. The Balaban J connectivity index is 2.95. The van der Waals surface area contributed by atoms with Crippen LogP contribution in [0, 0.1) is 0 Å². The smallest absolute Gasteiger partial charge is 0.318 e. The van der Waals surface area contributed by atoms with E-state index in [0.29, 0.717) is 10.8 Å². The van der Waals surface area contributed by atoms with Gasteiger partial charge in [-0.2, -0.15) is 4.98 Å². The second-order valence-electron chi connectivity index (χ2n) is 2.85. The highest BCUT2D eigenvalue weighted by atomic mass is 35.5. The summed E-state index contributed by atoms with van der Waals surface area (Å²) in [6.07, 6.45) is 1.40. The van der Waals surface area contributed by atoms with Gasteiger partial charge in [0.1, 0.15) is 5.02 Å². The molecule has 0 bridgehead atoms. The summed E-state index contributed by atoms with van der Waals surface area (Å²) in [7, 11) is 3.10. The van der Waals surface area contributed by atoms with Crippen molar-refractivity contribution in [1.82, 2.24) is 9.97 Å². The van der Waals surface area contributed by atoms with Gasteiger partial charge in [-0.15, -0.1) is 0 Å². The number of likely N-dealkylation sites (N-methyl/N-ethyl adjacent to an activating group) is 1. The standard InChI is InChI=1S/C8H11ClN4O2/c1-13(4-6(10)14)7-5(9)3-11-8(12-7)15-2/h3H,4H2,1-2H3,(H2,10,14). The number of amides is 1. The number of methoxy groups -OCH3 is 1. The van der Waals surface area contributed by atoms with E-state index in [-0.39, 0.29) is 12.6 Å². The van der Waals surface area contributed by atoms with Crippen LogP contribution in [0.5, 0.6) is 6.01 Å². The Kier molecular flexibility index (Phi) is 3.68. The van der Waals surface area contributed by atoms with Crippen LogP contribution in [0.3, 0.4) is 0 Å². The maximum Gasteiger partial charge on any atom is 0.318 e. The van der Waals surface area contributed by atoms with Crippen LogP contribution in [0.15, 0.2) is 6.20 Å². The molecule has 0 atom stereocenters. The highest BCUT2D eigenvalue weighted by Gasteiger charge is 2.12. The summed E-state index contributed by atoms with van der Waals surface area (Å²) in [5, 5.41) is 0.333. The van der Waals surface area contributed by atoms with Crippen LogP contribution < -0.4 is 15.4 Å². The molecule has 1 aromatic rings. The summed E-state index contributed by atoms with van der Waals surface area (Å²) in [5.41, 5.74) is 5.05. The van der Waals surface area contributed by atoms with E-state index in [2.05, 4.69) is 9.97 Å². The Morgan fingerprint density at radius 3 is 2.93 bits per heavy atom. The minimum atomic E-state index is -0.467. The Morgan fingerprint density at radius 1 is 1.73 bits per heavy atom. The molecule has 0 aromatic carbocycles. The molecule has 1 amide bonds. The van der Waals surface area contributed by atoms with Crippen molar-refractivity contribution in [3.63, 3.8) is 0 Å². The molecule has 0 radical (unpaired) electrons. The van der Waals surface area contributed by atoms with Gasteiger partial charge in [-0.05, 0) is 0 Å². The summed E-state index contributed by atoms with van der Waals surface area (Å²) in [6.45, 7) is 0.0277. The average molecular weight is 231 g/mol. The third-order valence-corrected chi connectivity index (χ3v) is 1.91. The molecule has 0 unspecified atom stereocenters. The molecule has 0 aliphatic heterocycles. The summed E-state index contributed by atoms with van der Waals surface area (Å²) in [5.74, 6) is -0.0616. The van der Waals surface area contributed by atoms with Crippen LogP contribution in [-0.4, -0.2) is 36.6 Å². The fourth-order valence-electron chi connectivity index (χ4n) is 1.02.